The molecule has 5 heteroatoms. The average molecular weight is 409 g/mol. The molecule has 2 aromatic rings. The monoisotopic (exact) mass is 408 g/mol. The van der Waals surface area contributed by atoms with Gasteiger partial charge >= 0.3 is 0 Å². The van der Waals surface area contributed by atoms with Crippen LogP contribution in [0.1, 0.15) is 82.6 Å². The van der Waals surface area contributed by atoms with E-state index in [4.69, 9.17) is 12.2 Å². The van der Waals surface area contributed by atoms with Crippen molar-refractivity contribution in [2.45, 2.75) is 58.0 Å². The van der Waals surface area contributed by atoms with Crippen molar-refractivity contribution in [2.75, 3.05) is 0 Å². The minimum absolute atomic E-state index is 0.0430. The molecule has 152 valence electrons. The number of thiocarbonyl (C=S) groups is 1. The van der Waals surface area contributed by atoms with Gasteiger partial charge in [-0.1, -0.05) is 45.0 Å². The van der Waals surface area contributed by atoms with Crippen molar-refractivity contribution in [1.29, 1.82) is 0 Å². The fourth-order valence-electron chi connectivity index (χ4n) is 3.76. The smallest absolute Gasteiger partial charge is 0.167 e. The van der Waals surface area contributed by atoms with E-state index in [1.165, 1.54) is 11.1 Å². The van der Waals surface area contributed by atoms with Gasteiger partial charge in [-0.25, -0.2) is 0 Å². The van der Waals surface area contributed by atoms with Crippen LogP contribution in [0, 0.1) is 0 Å². The van der Waals surface area contributed by atoms with Crippen molar-refractivity contribution in [2.24, 2.45) is 0 Å². The topological polar surface area (TPSA) is 58.2 Å². The van der Waals surface area contributed by atoms with Crippen LogP contribution in [0.25, 0.3) is 0 Å². The summed E-state index contributed by atoms with van der Waals surface area (Å²) in [7, 11) is 0. The number of nitrogens with one attached hydrogen (secondary N) is 2. The number of hydrogen-bond donors (Lipinski definition) is 2. The van der Waals surface area contributed by atoms with Crippen molar-refractivity contribution in [3.8, 4) is 0 Å². The van der Waals surface area contributed by atoms with Crippen LogP contribution in [0.2, 0.25) is 0 Å². The predicted octanol–water partition coefficient (Wildman–Crippen LogP) is 4.65. The van der Waals surface area contributed by atoms with Gasteiger partial charge in [0.25, 0.3) is 0 Å². The Morgan fingerprint density at radius 3 is 2.38 bits per heavy atom. The number of fused-ring (bicyclic) bond motifs is 1. The predicted molar refractivity (Wildman–Crippen MR) is 121 cm³/mol. The van der Waals surface area contributed by atoms with Gasteiger partial charge in [0.2, 0.25) is 0 Å². The number of carbonyl (C=O) groups is 2. The largest absolute Gasteiger partial charge is 0.359 e. The maximum atomic E-state index is 11.3. The maximum absolute atomic E-state index is 11.3. The molecule has 0 aliphatic heterocycles. The first-order chi connectivity index (χ1) is 13.8. The Morgan fingerprint density at radius 2 is 1.76 bits per heavy atom. The third kappa shape index (κ3) is 5.10. The molecule has 0 aromatic heterocycles. The summed E-state index contributed by atoms with van der Waals surface area (Å²) in [5.41, 5.74) is 5.68. The van der Waals surface area contributed by atoms with Crippen LogP contribution in [0.4, 0.5) is 0 Å². The highest BCUT2D eigenvalue weighted by Crippen LogP contribution is 2.31. The van der Waals surface area contributed by atoms with Gasteiger partial charge in [0.1, 0.15) is 0 Å². The summed E-state index contributed by atoms with van der Waals surface area (Å²) in [6.07, 6.45) is 4.35. The molecule has 1 aliphatic carbocycles. The van der Waals surface area contributed by atoms with E-state index in [0.717, 1.165) is 43.0 Å². The zero-order valence-electron chi connectivity index (χ0n) is 17.2. The van der Waals surface area contributed by atoms with Crippen LogP contribution in [0.5, 0.6) is 0 Å². The van der Waals surface area contributed by atoms with Gasteiger partial charge in [-0.3, -0.25) is 9.59 Å². The number of rotatable bonds is 5. The Kier molecular flexibility index (Phi) is 6.48. The molecule has 3 rings (SSSR count). The fourth-order valence-corrected chi connectivity index (χ4v) is 3.97. The Labute approximate surface area is 178 Å². The number of benzene rings is 2. The van der Waals surface area contributed by atoms with Crippen molar-refractivity contribution in [1.82, 2.24) is 10.6 Å². The summed E-state index contributed by atoms with van der Waals surface area (Å²) in [6.45, 7) is 7.26. The second-order valence-electron chi connectivity index (χ2n) is 8.63. The number of aldehydes is 2. The highest BCUT2D eigenvalue weighted by molar-refractivity contribution is 7.80. The first-order valence-electron chi connectivity index (χ1n) is 10.0. The number of aryl methyl sites for hydroxylation is 1. The summed E-state index contributed by atoms with van der Waals surface area (Å²) in [6, 6.07) is 12.3. The summed E-state index contributed by atoms with van der Waals surface area (Å²) in [4.78, 5) is 22.6. The average Bonchev–Trinajstić information content (AvgIpc) is 2.71. The first-order valence-corrected chi connectivity index (χ1v) is 10.4. The number of hydrogen-bond acceptors (Lipinski definition) is 3. The van der Waals surface area contributed by atoms with E-state index < -0.39 is 0 Å². The summed E-state index contributed by atoms with van der Waals surface area (Å²) in [5, 5.41) is 7.26. The van der Waals surface area contributed by atoms with Crippen molar-refractivity contribution < 1.29 is 9.59 Å². The summed E-state index contributed by atoms with van der Waals surface area (Å²) < 4.78 is 0. The van der Waals surface area contributed by atoms with E-state index in [1.807, 2.05) is 12.1 Å². The van der Waals surface area contributed by atoms with E-state index in [9.17, 15) is 9.59 Å². The second kappa shape index (κ2) is 8.87. The molecule has 1 aliphatic rings. The molecule has 2 aromatic carbocycles. The van der Waals surface area contributed by atoms with Gasteiger partial charge in [0.15, 0.2) is 17.7 Å². The van der Waals surface area contributed by atoms with Gasteiger partial charge in [-0.15, -0.1) is 0 Å². The summed E-state index contributed by atoms with van der Waals surface area (Å²) in [5.74, 6) is 0. The van der Waals surface area contributed by atoms with Gasteiger partial charge in [0.05, 0.1) is 6.04 Å². The molecule has 1 unspecified atom stereocenters. The van der Waals surface area contributed by atoms with Crippen molar-refractivity contribution in [3.63, 3.8) is 0 Å². The van der Waals surface area contributed by atoms with Crippen LogP contribution in [0.15, 0.2) is 36.4 Å². The molecule has 0 amide bonds. The molecule has 29 heavy (non-hydrogen) atoms. The van der Waals surface area contributed by atoms with Crippen LogP contribution in [0.3, 0.4) is 0 Å². The highest BCUT2D eigenvalue weighted by Gasteiger charge is 2.22. The molecule has 4 nitrogen and oxygen atoms in total. The molecule has 0 spiro atoms. The van der Waals surface area contributed by atoms with Crippen LogP contribution >= 0.6 is 12.2 Å². The van der Waals surface area contributed by atoms with Crippen molar-refractivity contribution in [3.05, 3.63) is 69.8 Å². The second-order valence-corrected chi connectivity index (χ2v) is 9.04. The van der Waals surface area contributed by atoms with Crippen LogP contribution < -0.4 is 10.6 Å². The Bertz CT molecular complexity index is 914. The molecular weight excluding hydrogens is 380 g/mol. The first kappa shape index (κ1) is 21.2. The molecule has 2 N–H and O–H groups in total. The van der Waals surface area contributed by atoms with E-state index >= 15 is 0 Å². The van der Waals surface area contributed by atoms with Gasteiger partial charge in [-0.2, -0.15) is 0 Å². The zero-order valence-corrected chi connectivity index (χ0v) is 18.1. The standard InChI is InChI=1S/C24H28N2O2S/c1-24(2,3)20-9-7-16(8-10-20)13-25-23(29)26-22-6-4-5-17-11-18(14-27)19(15-28)12-21(17)22/h7-12,14-15,22H,4-6,13H2,1-3H3,(H2,25,26,29). The lowest BCUT2D eigenvalue weighted by Gasteiger charge is -2.28. The quantitative estimate of drug-likeness (QED) is 0.557. The molecule has 0 radical (unpaired) electrons. The molecule has 0 saturated heterocycles. The van der Waals surface area contributed by atoms with Crippen LogP contribution in [-0.2, 0) is 18.4 Å². The van der Waals surface area contributed by atoms with E-state index in [2.05, 4.69) is 55.7 Å². The molecular formula is C24H28N2O2S. The van der Waals surface area contributed by atoms with Crippen LogP contribution in [-0.4, -0.2) is 17.7 Å². The zero-order chi connectivity index (χ0) is 21.0. The van der Waals surface area contributed by atoms with E-state index in [-0.39, 0.29) is 11.5 Å². The van der Waals surface area contributed by atoms with E-state index in [0.29, 0.717) is 22.8 Å². The SMILES string of the molecule is CC(C)(C)c1ccc(CNC(=S)NC2CCCc3cc(C=O)c(C=O)cc32)cc1. The van der Waals surface area contributed by atoms with Crippen molar-refractivity contribution >= 4 is 29.9 Å². The molecule has 0 fully saturated rings. The highest BCUT2D eigenvalue weighted by atomic mass is 32.1. The fraction of sp³-hybridized carbons (Fsp3) is 0.375. The Morgan fingerprint density at radius 1 is 1.10 bits per heavy atom. The molecule has 0 saturated carbocycles. The summed E-state index contributed by atoms with van der Waals surface area (Å²) >= 11 is 5.51. The molecule has 1 atom stereocenters. The molecule has 0 bridgehead atoms. The third-order valence-corrected chi connectivity index (χ3v) is 5.75. The lowest BCUT2D eigenvalue weighted by Crippen LogP contribution is -2.38. The normalized spacial score (nSPS) is 15.9. The third-order valence-electron chi connectivity index (χ3n) is 5.49. The lowest BCUT2D eigenvalue weighted by atomic mass is 9.85. The lowest BCUT2D eigenvalue weighted by molar-refractivity contribution is 0.109. The minimum Gasteiger partial charge on any atom is -0.359 e. The van der Waals surface area contributed by atoms with Gasteiger partial charge in [-0.05, 0) is 71.3 Å². The Balaban J connectivity index is 1.65. The minimum atomic E-state index is 0.0430. The Hall–Kier alpha value is -2.53. The number of carbonyl (C=O) groups excluding carboxylic acids is 2. The maximum Gasteiger partial charge on any atom is 0.167 e. The van der Waals surface area contributed by atoms with Gasteiger partial charge < -0.3 is 10.6 Å². The van der Waals surface area contributed by atoms with E-state index in [1.54, 1.807) is 0 Å². The van der Waals surface area contributed by atoms with Gasteiger partial charge in [0, 0.05) is 17.7 Å². The molecule has 0 heterocycles.